The summed E-state index contributed by atoms with van der Waals surface area (Å²) >= 11 is 0. The highest BCUT2D eigenvalue weighted by molar-refractivity contribution is 5.91. The first-order valence-electron chi connectivity index (χ1n) is 10.7. The highest BCUT2D eigenvalue weighted by Crippen LogP contribution is 2.66. The lowest BCUT2D eigenvalue weighted by Gasteiger charge is -2.59. The van der Waals surface area contributed by atoms with Crippen LogP contribution in [0.2, 0.25) is 0 Å². The van der Waals surface area contributed by atoms with E-state index in [1.54, 1.807) is 0 Å². The molecule has 0 radical (unpaired) electrons. The maximum Gasteiger partial charge on any atom is 0.305 e. The molecule has 0 aromatic carbocycles. The molecule has 144 valence electrons. The lowest BCUT2D eigenvalue weighted by atomic mass is 9.45. The van der Waals surface area contributed by atoms with Crippen LogP contribution in [0.5, 0.6) is 0 Å². The van der Waals surface area contributed by atoms with Crippen LogP contribution in [0, 0.1) is 34.5 Å². The van der Waals surface area contributed by atoms with Crippen LogP contribution in [-0.2, 0) is 14.3 Å². The summed E-state index contributed by atoms with van der Waals surface area (Å²) in [5.74, 6) is 2.95. The Kier molecular flexibility index (Phi) is 4.36. The molecule has 0 saturated heterocycles. The number of hydrogen-bond donors (Lipinski definition) is 0. The Hall–Kier alpha value is -1.12. The monoisotopic (exact) mass is 358 g/mol. The number of rotatable bonds is 2. The van der Waals surface area contributed by atoms with Gasteiger partial charge in [0, 0.05) is 18.3 Å². The number of esters is 1. The third-order valence-electron chi connectivity index (χ3n) is 8.78. The Labute approximate surface area is 157 Å². The van der Waals surface area contributed by atoms with Gasteiger partial charge in [-0.1, -0.05) is 33.3 Å². The van der Waals surface area contributed by atoms with Gasteiger partial charge in [0.15, 0.2) is 5.78 Å². The molecule has 0 unspecified atom stereocenters. The predicted octanol–water partition coefficient (Wildman–Crippen LogP) is 5.09. The van der Waals surface area contributed by atoms with Crippen LogP contribution in [0.4, 0.5) is 0 Å². The van der Waals surface area contributed by atoms with Crippen LogP contribution < -0.4 is 0 Å². The summed E-state index contributed by atoms with van der Waals surface area (Å²) in [6.45, 7) is 9.10. The van der Waals surface area contributed by atoms with Gasteiger partial charge in [0.2, 0.25) is 0 Å². The Balaban J connectivity index is 1.64. The summed E-state index contributed by atoms with van der Waals surface area (Å²) in [7, 11) is 0. The standard InChI is InChI=1S/C23H34O3/c1-5-20(25)26-19-7-6-17-21-14(2)12-15-13-16(24)8-10-22(15,3)18(21)9-11-23(17,19)4/h13-14,17-19,21H,5-12H2,1-4H3/t14-,17+,18+,19+,21+,22+,23+/m1/s1. The van der Waals surface area contributed by atoms with Gasteiger partial charge in [-0.25, -0.2) is 0 Å². The second kappa shape index (κ2) is 6.21. The molecule has 4 aliphatic carbocycles. The molecule has 7 atom stereocenters. The molecule has 3 heteroatoms. The highest BCUT2D eigenvalue weighted by Gasteiger charge is 2.61. The molecular formula is C23H34O3. The summed E-state index contributed by atoms with van der Waals surface area (Å²) in [5.41, 5.74) is 1.78. The van der Waals surface area contributed by atoms with E-state index in [-0.39, 0.29) is 22.9 Å². The van der Waals surface area contributed by atoms with Crippen molar-refractivity contribution in [2.24, 2.45) is 34.5 Å². The number of allylic oxidation sites excluding steroid dienone is 1. The average Bonchev–Trinajstić information content (AvgIpc) is 2.93. The molecule has 0 spiro atoms. The van der Waals surface area contributed by atoms with Gasteiger partial charge >= 0.3 is 5.97 Å². The molecule has 3 fully saturated rings. The smallest absolute Gasteiger partial charge is 0.305 e. The van der Waals surface area contributed by atoms with E-state index in [9.17, 15) is 9.59 Å². The van der Waals surface area contributed by atoms with Crippen LogP contribution in [0.1, 0.15) is 79.1 Å². The molecular weight excluding hydrogens is 324 g/mol. The van der Waals surface area contributed by atoms with E-state index in [0.29, 0.717) is 35.9 Å². The molecule has 3 saturated carbocycles. The van der Waals surface area contributed by atoms with Gasteiger partial charge in [-0.2, -0.15) is 0 Å². The number of carbonyl (C=O) groups is 2. The zero-order valence-corrected chi connectivity index (χ0v) is 16.8. The quantitative estimate of drug-likeness (QED) is 0.646. The van der Waals surface area contributed by atoms with Crippen LogP contribution in [-0.4, -0.2) is 17.9 Å². The van der Waals surface area contributed by atoms with Crippen LogP contribution in [0.25, 0.3) is 0 Å². The van der Waals surface area contributed by atoms with Gasteiger partial charge in [-0.3, -0.25) is 9.59 Å². The first kappa shape index (κ1) is 18.3. The van der Waals surface area contributed by atoms with Gasteiger partial charge < -0.3 is 4.74 Å². The van der Waals surface area contributed by atoms with Crippen LogP contribution in [0.15, 0.2) is 11.6 Å². The molecule has 0 aromatic rings. The molecule has 4 rings (SSSR count). The Morgan fingerprint density at radius 3 is 2.69 bits per heavy atom. The Bertz CT molecular complexity index is 650. The zero-order chi connectivity index (χ0) is 18.7. The fourth-order valence-electron chi connectivity index (χ4n) is 7.29. The minimum Gasteiger partial charge on any atom is -0.462 e. The Morgan fingerprint density at radius 2 is 1.96 bits per heavy atom. The molecule has 0 heterocycles. The average molecular weight is 359 g/mol. The van der Waals surface area contributed by atoms with Gasteiger partial charge in [0.25, 0.3) is 0 Å². The van der Waals surface area contributed by atoms with E-state index in [2.05, 4.69) is 20.8 Å². The molecule has 3 nitrogen and oxygen atoms in total. The van der Waals surface area contributed by atoms with E-state index in [1.807, 2.05) is 13.0 Å². The summed E-state index contributed by atoms with van der Waals surface area (Å²) in [5, 5.41) is 0. The van der Waals surface area contributed by atoms with Gasteiger partial charge in [-0.05, 0) is 73.7 Å². The summed E-state index contributed by atoms with van der Waals surface area (Å²) in [4.78, 5) is 23.9. The molecule has 0 amide bonds. The number of hydrogen-bond acceptors (Lipinski definition) is 3. The number of ketones is 1. The molecule has 0 aliphatic heterocycles. The zero-order valence-electron chi connectivity index (χ0n) is 16.8. The Morgan fingerprint density at radius 1 is 1.19 bits per heavy atom. The summed E-state index contributed by atoms with van der Waals surface area (Å²) < 4.78 is 5.90. The molecule has 0 N–H and O–H groups in total. The van der Waals surface area contributed by atoms with Crippen molar-refractivity contribution >= 4 is 11.8 Å². The van der Waals surface area contributed by atoms with E-state index < -0.39 is 0 Å². The van der Waals surface area contributed by atoms with Crippen molar-refractivity contribution in [2.45, 2.75) is 85.2 Å². The SMILES string of the molecule is CCC(=O)O[C@H]1CC[C@H]2[C@@H]3[C@H](C)CC4=CC(=O)CC[C@]4(C)[C@H]3CC[C@]12C. The van der Waals surface area contributed by atoms with E-state index in [1.165, 1.54) is 18.4 Å². The predicted molar refractivity (Wildman–Crippen MR) is 101 cm³/mol. The minimum absolute atomic E-state index is 0.0429. The third-order valence-corrected chi connectivity index (χ3v) is 8.78. The number of ether oxygens (including phenoxy) is 1. The second-order valence-electron chi connectivity index (χ2n) is 9.98. The fourth-order valence-corrected chi connectivity index (χ4v) is 7.29. The van der Waals surface area contributed by atoms with Crippen molar-refractivity contribution < 1.29 is 14.3 Å². The lowest BCUT2D eigenvalue weighted by Crippen LogP contribution is -2.54. The largest absolute Gasteiger partial charge is 0.462 e. The highest BCUT2D eigenvalue weighted by atomic mass is 16.5. The fraction of sp³-hybridized carbons (Fsp3) is 0.826. The van der Waals surface area contributed by atoms with Crippen LogP contribution >= 0.6 is 0 Å². The minimum atomic E-state index is -0.0429. The first-order valence-corrected chi connectivity index (χ1v) is 10.7. The van der Waals surface area contributed by atoms with Gasteiger partial charge in [-0.15, -0.1) is 0 Å². The maximum absolute atomic E-state index is 12.0. The van der Waals surface area contributed by atoms with Crippen molar-refractivity contribution in [1.29, 1.82) is 0 Å². The van der Waals surface area contributed by atoms with Gasteiger partial charge in [0.1, 0.15) is 6.10 Å². The van der Waals surface area contributed by atoms with Crippen molar-refractivity contribution in [2.75, 3.05) is 0 Å². The third kappa shape index (κ3) is 2.52. The molecule has 26 heavy (non-hydrogen) atoms. The first-order chi connectivity index (χ1) is 12.3. The van der Waals surface area contributed by atoms with Crippen molar-refractivity contribution in [3.63, 3.8) is 0 Å². The summed E-state index contributed by atoms with van der Waals surface area (Å²) in [6.07, 6.45) is 9.98. The molecule has 0 aromatic heterocycles. The normalized spacial score (nSPS) is 47.5. The maximum atomic E-state index is 12.0. The van der Waals surface area contributed by atoms with Crippen molar-refractivity contribution in [3.05, 3.63) is 11.6 Å². The van der Waals surface area contributed by atoms with E-state index in [0.717, 1.165) is 32.1 Å². The second-order valence-corrected chi connectivity index (χ2v) is 9.98. The number of fused-ring (bicyclic) bond motifs is 5. The van der Waals surface area contributed by atoms with E-state index in [4.69, 9.17) is 4.74 Å². The van der Waals surface area contributed by atoms with Crippen LogP contribution in [0.3, 0.4) is 0 Å². The van der Waals surface area contributed by atoms with Crippen molar-refractivity contribution in [3.8, 4) is 0 Å². The van der Waals surface area contributed by atoms with E-state index >= 15 is 0 Å². The molecule has 4 aliphatic rings. The summed E-state index contributed by atoms with van der Waals surface area (Å²) in [6, 6.07) is 0. The van der Waals surface area contributed by atoms with Gasteiger partial charge in [0.05, 0.1) is 0 Å². The number of carbonyl (C=O) groups excluding carboxylic acids is 2. The lowest BCUT2D eigenvalue weighted by molar-refractivity contribution is -0.160. The van der Waals surface area contributed by atoms with Crippen molar-refractivity contribution in [1.82, 2.24) is 0 Å². The molecule has 0 bridgehead atoms. The topological polar surface area (TPSA) is 43.4 Å².